The second kappa shape index (κ2) is 7.79. The third kappa shape index (κ3) is 3.41. The van der Waals surface area contributed by atoms with Crippen molar-refractivity contribution in [2.24, 2.45) is 0 Å². The molecule has 1 saturated heterocycles. The van der Waals surface area contributed by atoms with E-state index in [-0.39, 0.29) is 23.6 Å². The SMILES string of the molecule is COc1ccc(/C(O)=C2\C(=O)C(=O)N(Cc3ccco3)[C@H]2c2cccc(O)c2)cc1. The van der Waals surface area contributed by atoms with E-state index in [1.54, 1.807) is 48.5 Å². The number of amides is 1. The highest BCUT2D eigenvalue weighted by Crippen LogP contribution is 2.41. The van der Waals surface area contributed by atoms with Crippen molar-refractivity contribution in [3.05, 3.63) is 89.4 Å². The molecule has 0 radical (unpaired) electrons. The zero-order valence-electron chi connectivity index (χ0n) is 16.1. The van der Waals surface area contributed by atoms with Crippen LogP contribution < -0.4 is 4.74 Å². The Morgan fingerprint density at radius 2 is 1.87 bits per heavy atom. The number of carbonyl (C=O) groups is 2. The van der Waals surface area contributed by atoms with E-state index < -0.39 is 17.7 Å². The van der Waals surface area contributed by atoms with Crippen LogP contribution in [-0.2, 0) is 16.1 Å². The number of carbonyl (C=O) groups excluding carboxylic acids is 2. The van der Waals surface area contributed by atoms with Gasteiger partial charge in [0.15, 0.2) is 0 Å². The fraction of sp³-hybridized carbons (Fsp3) is 0.130. The van der Waals surface area contributed by atoms with Crippen molar-refractivity contribution in [1.29, 1.82) is 0 Å². The predicted octanol–water partition coefficient (Wildman–Crippen LogP) is 3.62. The zero-order valence-corrected chi connectivity index (χ0v) is 16.1. The number of aliphatic hydroxyl groups excluding tert-OH is 1. The Labute approximate surface area is 172 Å². The summed E-state index contributed by atoms with van der Waals surface area (Å²) in [6, 6.07) is 15.3. The molecule has 7 heteroatoms. The first kappa shape index (κ1) is 19.3. The topological polar surface area (TPSA) is 100 Å². The molecule has 0 spiro atoms. The van der Waals surface area contributed by atoms with Crippen molar-refractivity contribution in [2.75, 3.05) is 7.11 Å². The number of hydrogen-bond donors (Lipinski definition) is 2. The Bertz CT molecular complexity index is 1110. The number of ether oxygens (including phenoxy) is 1. The number of likely N-dealkylation sites (tertiary alicyclic amines) is 1. The molecular formula is C23H19NO6. The summed E-state index contributed by atoms with van der Waals surface area (Å²) in [5, 5.41) is 20.9. The lowest BCUT2D eigenvalue weighted by Crippen LogP contribution is -2.29. The average Bonchev–Trinajstić information content (AvgIpc) is 3.36. The number of benzene rings is 2. The second-order valence-electron chi connectivity index (χ2n) is 6.83. The third-order valence-corrected chi connectivity index (χ3v) is 5.00. The van der Waals surface area contributed by atoms with Crippen LogP contribution in [0.4, 0.5) is 0 Å². The minimum Gasteiger partial charge on any atom is -0.508 e. The van der Waals surface area contributed by atoms with E-state index in [0.717, 1.165) is 0 Å². The molecule has 0 aliphatic carbocycles. The van der Waals surface area contributed by atoms with E-state index in [1.165, 1.54) is 30.4 Å². The van der Waals surface area contributed by atoms with Crippen molar-refractivity contribution in [3.8, 4) is 11.5 Å². The minimum absolute atomic E-state index is 0.0134. The van der Waals surface area contributed by atoms with Gasteiger partial charge in [-0.25, -0.2) is 0 Å². The van der Waals surface area contributed by atoms with Gasteiger partial charge < -0.3 is 24.3 Å². The lowest BCUT2D eigenvalue weighted by molar-refractivity contribution is -0.140. The molecule has 2 aromatic carbocycles. The molecule has 1 aliphatic rings. The molecule has 2 N–H and O–H groups in total. The first-order valence-electron chi connectivity index (χ1n) is 9.23. The van der Waals surface area contributed by atoms with E-state index in [2.05, 4.69) is 0 Å². The van der Waals surface area contributed by atoms with E-state index in [0.29, 0.717) is 22.6 Å². The number of furan rings is 1. The highest BCUT2D eigenvalue weighted by atomic mass is 16.5. The maximum atomic E-state index is 12.9. The van der Waals surface area contributed by atoms with Crippen LogP contribution >= 0.6 is 0 Å². The third-order valence-electron chi connectivity index (χ3n) is 5.00. The number of Topliss-reactive ketones (excluding diaryl/α,β-unsaturated/α-hetero) is 1. The highest BCUT2D eigenvalue weighted by Gasteiger charge is 2.46. The van der Waals surface area contributed by atoms with Crippen LogP contribution in [-0.4, -0.2) is 33.9 Å². The smallest absolute Gasteiger partial charge is 0.296 e. The lowest BCUT2D eigenvalue weighted by Gasteiger charge is -2.24. The number of phenols is 1. The Hall–Kier alpha value is -4.00. The Morgan fingerprint density at radius 3 is 2.50 bits per heavy atom. The van der Waals surface area contributed by atoms with E-state index in [4.69, 9.17) is 9.15 Å². The molecule has 3 aromatic rings. The summed E-state index contributed by atoms with van der Waals surface area (Å²) in [6.07, 6.45) is 1.48. The summed E-state index contributed by atoms with van der Waals surface area (Å²) in [5.41, 5.74) is 0.815. The van der Waals surface area contributed by atoms with Gasteiger partial charge in [-0.1, -0.05) is 12.1 Å². The summed E-state index contributed by atoms with van der Waals surface area (Å²) in [5.74, 6) is -0.786. The van der Waals surface area contributed by atoms with E-state index in [9.17, 15) is 19.8 Å². The Balaban J connectivity index is 1.85. The maximum Gasteiger partial charge on any atom is 0.296 e. The van der Waals surface area contributed by atoms with Crippen molar-refractivity contribution in [1.82, 2.24) is 4.90 Å². The van der Waals surface area contributed by atoms with Crippen LogP contribution in [0.5, 0.6) is 11.5 Å². The van der Waals surface area contributed by atoms with Crippen LogP contribution in [0, 0.1) is 0 Å². The molecule has 4 rings (SSSR count). The van der Waals surface area contributed by atoms with Crippen LogP contribution in [0.2, 0.25) is 0 Å². The first-order valence-corrected chi connectivity index (χ1v) is 9.23. The molecule has 152 valence electrons. The molecule has 1 aromatic heterocycles. The molecule has 0 saturated carbocycles. The van der Waals surface area contributed by atoms with Crippen molar-refractivity contribution < 1.29 is 29.0 Å². The molecule has 0 unspecified atom stereocenters. The van der Waals surface area contributed by atoms with Gasteiger partial charge in [0.1, 0.15) is 23.0 Å². The molecule has 1 atom stereocenters. The Morgan fingerprint density at radius 1 is 1.10 bits per heavy atom. The number of nitrogens with zero attached hydrogens (tertiary/aromatic N) is 1. The van der Waals surface area contributed by atoms with Gasteiger partial charge in [-0.15, -0.1) is 0 Å². The molecule has 1 fully saturated rings. The van der Waals surface area contributed by atoms with Crippen LogP contribution in [0.15, 0.2) is 76.9 Å². The number of rotatable bonds is 5. The van der Waals surface area contributed by atoms with E-state index >= 15 is 0 Å². The first-order chi connectivity index (χ1) is 14.5. The minimum atomic E-state index is -0.885. The standard InChI is InChI=1S/C23H19NO6/c1-29-17-9-7-14(8-10-17)21(26)19-20(15-4-2-5-16(25)12-15)24(23(28)22(19)27)13-18-6-3-11-30-18/h2-12,20,25-26H,13H2,1H3/b21-19+/t20-/m0/s1. The van der Waals surface area contributed by atoms with Gasteiger partial charge in [-0.3, -0.25) is 9.59 Å². The fourth-order valence-corrected chi connectivity index (χ4v) is 3.56. The van der Waals surface area contributed by atoms with Crippen molar-refractivity contribution in [2.45, 2.75) is 12.6 Å². The molecule has 1 aliphatic heterocycles. The zero-order chi connectivity index (χ0) is 21.3. The second-order valence-corrected chi connectivity index (χ2v) is 6.83. The van der Waals surface area contributed by atoms with Gasteiger partial charge in [0.25, 0.3) is 11.7 Å². The number of ketones is 1. The highest BCUT2D eigenvalue weighted by molar-refractivity contribution is 6.46. The summed E-state index contributed by atoms with van der Waals surface area (Å²) in [7, 11) is 1.52. The normalized spacial score (nSPS) is 18.0. The van der Waals surface area contributed by atoms with Crippen LogP contribution in [0.3, 0.4) is 0 Å². The van der Waals surface area contributed by atoms with Crippen molar-refractivity contribution >= 4 is 17.4 Å². The van der Waals surface area contributed by atoms with Crippen LogP contribution in [0.25, 0.3) is 5.76 Å². The van der Waals surface area contributed by atoms with Crippen molar-refractivity contribution in [3.63, 3.8) is 0 Å². The summed E-state index contributed by atoms with van der Waals surface area (Å²) < 4.78 is 10.5. The number of aliphatic hydroxyl groups is 1. The van der Waals surface area contributed by atoms with Crippen LogP contribution in [0.1, 0.15) is 22.9 Å². The monoisotopic (exact) mass is 405 g/mol. The molecule has 7 nitrogen and oxygen atoms in total. The lowest BCUT2D eigenvalue weighted by atomic mass is 9.95. The molecule has 0 bridgehead atoms. The summed E-state index contributed by atoms with van der Waals surface area (Å²) >= 11 is 0. The van der Waals surface area contributed by atoms with Gasteiger partial charge >= 0.3 is 0 Å². The molecule has 30 heavy (non-hydrogen) atoms. The van der Waals surface area contributed by atoms with Gasteiger partial charge in [-0.05, 0) is 54.1 Å². The number of phenolic OH excluding ortho intramolecular Hbond substituents is 1. The van der Waals surface area contributed by atoms with Gasteiger partial charge in [0, 0.05) is 5.56 Å². The number of hydrogen-bond acceptors (Lipinski definition) is 6. The summed E-state index contributed by atoms with van der Waals surface area (Å²) in [4.78, 5) is 27.1. The molecule has 1 amide bonds. The van der Waals surface area contributed by atoms with Gasteiger partial charge in [-0.2, -0.15) is 0 Å². The maximum absolute atomic E-state index is 12.9. The summed E-state index contributed by atoms with van der Waals surface area (Å²) in [6.45, 7) is 0.0390. The van der Waals surface area contributed by atoms with Gasteiger partial charge in [0.05, 0.1) is 31.5 Å². The number of aromatic hydroxyl groups is 1. The largest absolute Gasteiger partial charge is 0.508 e. The number of methoxy groups -OCH3 is 1. The fourth-order valence-electron chi connectivity index (χ4n) is 3.56. The predicted molar refractivity (Wildman–Crippen MR) is 108 cm³/mol. The Kier molecular flexibility index (Phi) is 5.02. The average molecular weight is 405 g/mol. The van der Waals surface area contributed by atoms with Gasteiger partial charge in [0.2, 0.25) is 0 Å². The quantitative estimate of drug-likeness (QED) is 0.382. The molecular weight excluding hydrogens is 386 g/mol. The molecule has 2 heterocycles. The van der Waals surface area contributed by atoms with E-state index in [1.807, 2.05) is 0 Å².